The summed E-state index contributed by atoms with van der Waals surface area (Å²) >= 11 is 0. The van der Waals surface area contributed by atoms with E-state index < -0.39 is 42.6 Å². The molecule has 0 aromatic heterocycles. The van der Waals surface area contributed by atoms with E-state index in [0.717, 1.165) is 0 Å². The molecule has 0 aromatic rings. The zero-order valence-electron chi connectivity index (χ0n) is 10.8. The van der Waals surface area contributed by atoms with Crippen molar-refractivity contribution in [1.82, 2.24) is 0 Å². The summed E-state index contributed by atoms with van der Waals surface area (Å²) < 4.78 is 128. The normalized spacial score (nSPS) is 34.9. The van der Waals surface area contributed by atoms with Crippen molar-refractivity contribution in [3.8, 4) is 0 Å². The smallest absolute Gasteiger partial charge is 0.270 e. The molecule has 0 bridgehead atoms. The van der Waals surface area contributed by atoms with Gasteiger partial charge in [0, 0.05) is 0 Å². The van der Waals surface area contributed by atoms with Gasteiger partial charge in [-0.1, -0.05) is 6.92 Å². The van der Waals surface area contributed by atoms with Crippen LogP contribution in [0.5, 0.6) is 0 Å². The van der Waals surface area contributed by atoms with Gasteiger partial charge in [-0.25, -0.2) is 4.39 Å². The molecule has 21 heavy (non-hydrogen) atoms. The van der Waals surface area contributed by atoms with Gasteiger partial charge in [0.25, 0.3) is 0 Å². The lowest BCUT2D eigenvalue weighted by molar-refractivity contribution is -0.504. The second-order valence-corrected chi connectivity index (χ2v) is 4.17. The quantitative estimate of drug-likeness (QED) is 0.614. The molecule has 1 rings (SSSR count). The average molecular weight is 338 g/mol. The van der Waals surface area contributed by atoms with Crippen molar-refractivity contribution in [2.75, 3.05) is 6.67 Å². The zero-order valence-corrected chi connectivity index (χ0v) is 10.8. The molecule has 2 unspecified atom stereocenters. The SMILES string of the molecule is CCC1(F)CC(F)(F)OC(F)(C(F)(F)F)C1(F)F.CCF. The highest BCUT2D eigenvalue weighted by atomic mass is 19.4. The first-order valence-corrected chi connectivity index (χ1v) is 5.60. The van der Waals surface area contributed by atoms with Gasteiger partial charge in [0.2, 0.25) is 0 Å². The molecule has 0 spiro atoms. The molecule has 0 aromatic carbocycles. The standard InChI is InChI=1S/C8H7F9O.C2H5F/c1-2-4(9)3-5(10,11)18-7(14,6(4,12)13)8(15,16)17;1-2-3/h2-3H2,1H3;2H2,1H3. The minimum atomic E-state index is -6.51. The van der Waals surface area contributed by atoms with Gasteiger partial charge in [0.15, 0.2) is 5.67 Å². The number of hydrogen-bond donors (Lipinski definition) is 0. The number of hydrogen-bond acceptors (Lipinski definition) is 1. The van der Waals surface area contributed by atoms with Crippen molar-refractivity contribution >= 4 is 0 Å². The van der Waals surface area contributed by atoms with Gasteiger partial charge in [-0.3, -0.25) is 9.13 Å². The van der Waals surface area contributed by atoms with Gasteiger partial charge in [-0.2, -0.15) is 35.1 Å². The molecule has 1 nitrogen and oxygen atoms in total. The average Bonchev–Trinajstić information content (AvgIpc) is 2.25. The Balaban J connectivity index is 0.00000122. The molecule has 11 heteroatoms. The van der Waals surface area contributed by atoms with Crippen LogP contribution in [0.2, 0.25) is 0 Å². The van der Waals surface area contributed by atoms with E-state index in [4.69, 9.17) is 0 Å². The van der Waals surface area contributed by atoms with Gasteiger partial charge in [0.1, 0.15) is 0 Å². The Bertz CT molecular complexity index is 354. The Morgan fingerprint density at radius 1 is 0.952 bits per heavy atom. The van der Waals surface area contributed by atoms with Gasteiger partial charge in [-0.05, 0) is 13.3 Å². The summed E-state index contributed by atoms with van der Waals surface area (Å²) in [5.74, 6) is -11.9. The van der Waals surface area contributed by atoms with Crippen LogP contribution in [-0.2, 0) is 4.74 Å². The first-order valence-electron chi connectivity index (χ1n) is 5.60. The fourth-order valence-corrected chi connectivity index (χ4v) is 1.61. The van der Waals surface area contributed by atoms with Crippen LogP contribution < -0.4 is 0 Å². The van der Waals surface area contributed by atoms with E-state index >= 15 is 0 Å². The third-order valence-electron chi connectivity index (χ3n) is 2.67. The predicted molar refractivity (Wildman–Crippen MR) is 51.3 cm³/mol. The molecule has 128 valence electrons. The van der Waals surface area contributed by atoms with E-state index in [-0.39, 0.29) is 6.67 Å². The van der Waals surface area contributed by atoms with Crippen LogP contribution in [0.1, 0.15) is 26.7 Å². The molecule has 0 saturated carbocycles. The summed E-state index contributed by atoms with van der Waals surface area (Å²) in [5.41, 5.74) is -4.36. The highest BCUT2D eigenvalue weighted by Crippen LogP contribution is 2.61. The van der Waals surface area contributed by atoms with E-state index in [9.17, 15) is 43.9 Å². The van der Waals surface area contributed by atoms with E-state index in [1.807, 2.05) is 0 Å². The molecule has 0 N–H and O–H groups in total. The fourth-order valence-electron chi connectivity index (χ4n) is 1.61. The maximum atomic E-state index is 13.6. The van der Waals surface area contributed by atoms with Gasteiger partial charge < -0.3 is 0 Å². The molecule has 1 heterocycles. The Hall–Kier alpha value is -0.740. The summed E-state index contributed by atoms with van der Waals surface area (Å²) in [6.07, 6.45) is -15.3. The van der Waals surface area contributed by atoms with Crippen LogP contribution >= 0.6 is 0 Å². The molecule has 1 fully saturated rings. The van der Waals surface area contributed by atoms with Gasteiger partial charge >= 0.3 is 24.1 Å². The van der Waals surface area contributed by atoms with Crippen molar-refractivity contribution in [3.63, 3.8) is 0 Å². The highest BCUT2D eigenvalue weighted by molar-refractivity contribution is 5.10. The van der Waals surface area contributed by atoms with Crippen LogP contribution in [0, 0.1) is 0 Å². The summed E-state index contributed by atoms with van der Waals surface area (Å²) in [7, 11) is 0. The summed E-state index contributed by atoms with van der Waals surface area (Å²) in [6.45, 7) is 1.81. The van der Waals surface area contributed by atoms with Crippen molar-refractivity contribution in [1.29, 1.82) is 0 Å². The molecule has 1 saturated heterocycles. The summed E-state index contributed by atoms with van der Waals surface area (Å²) in [6, 6.07) is 0. The molecule has 0 radical (unpaired) electrons. The second-order valence-electron chi connectivity index (χ2n) is 4.17. The Labute approximate surface area is 113 Å². The Morgan fingerprint density at radius 2 is 1.33 bits per heavy atom. The monoisotopic (exact) mass is 338 g/mol. The van der Waals surface area contributed by atoms with Crippen molar-refractivity contribution in [2.45, 2.75) is 56.4 Å². The Kier molecular flexibility index (Phi) is 5.60. The van der Waals surface area contributed by atoms with E-state index in [1.54, 1.807) is 0 Å². The molecule has 0 amide bonds. The third-order valence-corrected chi connectivity index (χ3v) is 2.67. The first-order chi connectivity index (χ1) is 9.14. The van der Waals surface area contributed by atoms with Crippen LogP contribution in [0.25, 0.3) is 0 Å². The maximum absolute atomic E-state index is 13.6. The van der Waals surface area contributed by atoms with Gasteiger partial charge in [-0.15, -0.1) is 0 Å². The number of ether oxygens (including phenoxy) is 1. The van der Waals surface area contributed by atoms with Crippen LogP contribution in [-0.4, -0.2) is 36.4 Å². The second kappa shape index (κ2) is 5.81. The molecular weight excluding hydrogens is 326 g/mol. The highest BCUT2D eigenvalue weighted by Gasteiger charge is 2.85. The van der Waals surface area contributed by atoms with Crippen molar-refractivity contribution in [2.24, 2.45) is 0 Å². The maximum Gasteiger partial charge on any atom is 0.455 e. The molecule has 1 aliphatic rings. The third kappa shape index (κ3) is 3.37. The summed E-state index contributed by atoms with van der Waals surface area (Å²) in [5, 5.41) is 0. The molecule has 1 aliphatic heterocycles. The first kappa shape index (κ1) is 20.3. The van der Waals surface area contributed by atoms with E-state index in [0.29, 0.717) is 6.92 Å². The number of halogens is 10. The van der Waals surface area contributed by atoms with Crippen LogP contribution in [0.4, 0.5) is 43.9 Å². The molecule has 2 atom stereocenters. The van der Waals surface area contributed by atoms with Crippen LogP contribution in [0.3, 0.4) is 0 Å². The minimum Gasteiger partial charge on any atom is -0.270 e. The lowest BCUT2D eigenvalue weighted by Crippen LogP contribution is -2.72. The summed E-state index contributed by atoms with van der Waals surface area (Å²) in [4.78, 5) is 0. The minimum absolute atomic E-state index is 0.250. The van der Waals surface area contributed by atoms with E-state index in [1.165, 1.54) is 6.92 Å². The van der Waals surface area contributed by atoms with Crippen molar-refractivity contribution in [3.05, 3.63) is 0 Å². The lowest BCUT2D eigenvalue weighted by Gasteiger charge is -2.47. The lowest BCUT2D eigenvalue weighted by atomic mass is 9.83. The van der Waals surface area contributed by atoms with E-state index in [2.05, 4.69) is 4.74 Å². The number of alkyl halides is 10. The Morgan fingerprint density at radius 3 is 1.62 bits per heavy atom. The van der Waals surface area contributed by atoms with Crippen molar-refractivity contribution < 1.29 is 48.6 Å². The molecular formula is C10H12F10O. The zero-order chi connectivity index (χ0) is 17.3. The fraction of sp³-hybridized carbons (Fsp3) is 1.00. The predicted octanol–water partition coefficient (Wildman–Crippen LogP) is 4.96. The van der Waals surface area contributed by atoms with Crippen LogP contribution in [0.15, 0.2) is 0 Å². The number of rotatable bonds is 1. The van der Waals surface area contributed by atoms with Gasteiger partial charge in [0.05, 0.1) is 13.1 Å². The molecule has 0 aliphatic carbocycles. The topological polar surface area (TPSA) is 9.23 Å². The largest absolute Gasteiger partial charge is 0.455 e.